The molecule has 0 N–H and O–H groups in total. The third-order valence-electron chi connectivity index (χ3n) is 3.44. The fourth-order valence-corrected chi connectivity index (χ4v) is 2.38. The van der Waals surface area contributed by atoms with Gasteiger partial charge in [-0.15, -0.1) is 0 Å². The summed E-state index contributed by atoms with van der Waals surface area (Å²) in [6, 6.07) is 9.07. The van der Waals surface area contributed by atoms with Crippen LogP contribution in [0.2, 0.25) is 5.15 Å². The molecule has 23 heavy (non-hydrogen) atoms. The fourth-order valence-electron chi connectivity index (χ4n) is 2.27. The molecule has 0 spiro atoms. The highest BCUT2D eigenvalue weighted by atomic mass is 35.5. The van der Waals surface area contributed by atoms with Crippen LogP contribution < -0.4 is 4.90 Å². The van der Waals surface area contributed by atoms with Gasteiger partial charge in [0.25, 0.3) is 0 Å². The predicted molar refractivity (Wildman–Crippen MR) is 84.2 cm³/mol. The maximum Gasteiger partial charge on any atom is 0.131 e. The number of hydrogen-bond donors (Lipinski definition) is 0. The molecule has 0 saturated carbocycles. The topological polar surface area (TPSA) is 29.3 Å². The molecule has 3 nitrogen and oxygen atoms in total. The molecule has 2 aromatic heterocycles. The minimum absolute atomic E-state index is 0.00984. The van der Waals surface area contributed by atoms with E-state index in [1.807, 2.05) is 6.07 Å². The quantitative estimate of drug-likeness (QED) is 0.627. The Morgan fingerprint density at radius 3 is 2.43 bits per heavy atom. The summed E-state index contributed by atoms with van der Waals surface area (Å²) in [5.41, 5.74) is 1.60. The molecule has 1 aromatic carbocycles. The van der Waals surface area contributed by atoms with E-state index in [-0.39, 0.29) is 12.1 Å². The molecule has 0 unspecified atom stereocenters. The van der Waals surface area contributed by atoms with Crippen LogP contribution in [0.1, 0.15) is 11.1 Å². The SMILES string of the molecule is Fc1cccc(F)c1CN(Cc1ccc(Cl)nc1)c1ccoc1. The van der Waals surface area contributed by atoms with Crippen LogP contribution in [0, 0.1) is 11.6 Å². The summed E-state index contributed by atoms with van der Waals surface area (Å²) in [5, 5.41) is 0.392. The Bertz CT molecular complexity index is 756. The molecule has 2 heterocycles. The highest BCUT2D eigenvalue weighted by Gasteiger charge is 2.15. The van der Waals surface area contributed by atoms with E-state index in [1.165, 1.54) is 30.7 Å². The van der Waals surface area contributed by atoms with E-state index in [2.05, 4.69) is 4.98 Å². The number of benzene rings is 1. The molecule has 6 heteroatoms. The number of hydrogen-bond acceptors (Lipinski definition) is 3. The summed E-state index contributed by atoms with van der Waals surface area (Å²) in [6.07, 6.45) is 4.68. The zero-order chi connectivity index (χ0) is 16.2. The van der Waals surface area contributed by atoms with Crippen LogP contribution in [0.25, 0.3) is 0 Å². The second kappa shape index (κ2) is 6.79. The lowest BCUT2D eigenvalue weighted by Gasteiger charge is -2.23. The fraction of sp³-hybridized carbons (Fsp3) is 0.118. The zero-order valence-corrected chi connectivity index (χ0v) is 12.8. The standard InChI is InChI=1S/C17H13ClF2N2O/c18-17-5-4-12(8-21-17)9-22(13-6-7-23-11-13)10-14-15(19)2-1-3-16(14)20/h1-8,11H,9-10H2. The number of aromatic nitrogens is 1. The Morgan fingerprint density at radius 1 is 1.04 bits per heavy atom. The predicted octanol–water partition coefficient (Wildman–Crippen LogP) is 4.81. The van der Waals surface area contributed by atoms with Gasteiger partial charge in [0, 0.05) is 24.8 Å². The first kappa shape index (κ1) is 15.5. The van der Waals surface area contributed by atoms with Gasteiger partial charge in [0.1, 0.15) is 23.1 Å². The van der Waals surface area contributed by atoms with Gasteiger partial charge in [-0.05, 0) is 29.8 Å². The van der Waals surface area contributed by atoms with Crippen molar-refractivity contribution in [2.24, 2.45) is 0 Å². The van der Waals surface area contributed by atoms with Crippen molar-refractivity contribution in [1.29, 1.82) is 0 Å². The number of rotatable bonds is 5. The van der Waals surface area contributed by atoms with Crippen molar-refractivity contribution in [3.63, 3.8) is 0 Å². The summed E-state index contributed by atoms with van der Waals surface area (Å²) in [6.45, 7) is 0.484. The second-order valence-electron chi connectivity index (χ2n) is 5.03. The van der Waals surface area contributed by atoms with E-state index in [9.17, 15) is 8.78 Å². The maximum absolute atomic E-state index is 13.9. The van der Waals surface area contributed by atoms with Crippen LogP contribution >= 0.6 is 11.6 Å². The monoisotopic (exact) mass is 334 g/mol. The van der Waals surface area contributed by atoms with Crippen LogP contribution in [-0.4, -0.2) is 4.98 Å². The van der Waals surface area contributed by atoms with Crippen molar-refractivity contribution in [3.8, 4) is 0 Å². The van der Waals surface area contributed by atoms with Gasteiger partial charge in [-0.1, -0.05) is 23.7 Å². The number of pyridine rings is 1. The van der Waals surface area contributed by atoms with Crippen LogP contribution in [0.5, 0.6) is 0 Å². The van der Waals surface area contributed by atoms with E-state index in [1.54, 1.807) is 23.2 Å². The molecule has 0 atom stereocenters. The minimum atomic E-state index is -0.576. The van der Waals surface area contributed by atoms with Gasteiger partial charge in [-0.25, -0.2) is 13.8 Å². The van der Waals surface area contributed by atoms with Gasteiger partial charge in [0.2, 0.25) is 0 Å². The highest BCUT2D eigenvalue weighted by molar-refractivity contribution is 6.29. The van der Waals surface area contributed by atoms with E-state index in [4.69, 9.17) is 16.0 Å². The highest BCUT2D eigenvalue weighted by Crippen LogP contribution is 2.23. The van der Waals surface area contributed by atoms with E-state index in [0.717, 1.165) is 11.3 Å². The molecular formula is C17H13ClF2N2O. The molecule has 3 aromatic rings. The van der Waals surface area contributed by atoms with Crippen molar-refractivity contribution in [2.75, 3.05) is 4.90 Å². The van der Waals surface area contributed by atoms with Gasteiger partial charge in [0.05, 0.1) is 12.0 Å². The third-order valence-corrected chi connectivity index (χ3v) is 3.67. The molecule has 3 rings (SSSR count). The Balaban J connectivity index is 1.89. The zero-order valence-electron chi connectivity index (χ0n) is 12.0. The lowest BCUT2D eigenvalue weighted by atomic mass is 10.1. The van der Waals surface area contributed by atoms with Crippen molar-refractivity contribution in [3.05, 3.63) is 83.0 Å². The van der Waals surface area contributed by atoms with Gasteiger partial charge >= 0.3 is 0 Å². The van der Waals surface area contributed by atoms with Crippen LogP contribution in [0.4, 0.5) is 14.5 Å². The lowest BCUT2D eigenvalue weighted by molar-refractivity contribution is 0.546. The van der Waals surface area contributed by atoms with E-state index in [0.29, 0.717) is 11.7 Å². The Kier molecular flexibility index (Phi) is 4.57. The Hall–Kier alpha value is -2.40. The first-order chi connectivity index (χ1) is 11.1. The summed E-state index contributed by atoms with van der Waals surface area (Å²) >= 11 is 5.78. The van der Waals surface area contributed by atoms with Crippen molar-refractivity contribution >= 4 is 17.3 Å². The summed E-state index contributed by atoms with van der Waals surface area (Å²) in [5.74, 6) is -1.15. The van der Waals surface area contributed by atoms with Gasteiger partial charge in [-0.2, -0.15) is 0 Å². The molecule has 0 fully saturated rings. The van der Waals surface area contributed by atoms with Crippen LogP contribution in [0.15, 0.2) is 59.5 Å². The second-order valence-corrected chi connectivity index (χ2v) is 5.41. The largest absolute Gasteiger partial charge is 0.470 e. The molecule has 0 saturated heterocycles. The van der Waals surface area contributed by atoms with Gasteiger partial charge in [-0.3, -0.25) is 0 Å². The summed E-state index contributed by atoms with van der Waals surface area (Å²) < 4.78 is 32.9. The van der Waals surface area contributed by atoms with Crippen LogP contribution in [0.3, 0.4) is 0 Å². The van der Waals surface area contributed by atoms with Crippen molar-refractivity contribution < 1.29 is 13.2 Å². The molecule has 0 aliphatic carbocycles. The number of anilines is 1. The average Bonchev–Trinajstić information content (AvgIpc) is 3.06. The smallest absolute Gasteiger partial charge is 0.131 e. The third kappa shape index (κ3) is 3.68. The molecule has 0 aliphatic heterocycles. The van der Waals surface area contributed by atoms with Gasteiger partial charge in [0.15, 0.2) is 0 Å². The van der Waals surface area contributed by atoms with Crippen LogP contribution in [-0.2, 0) is 13.1 Å². The molecule has 118 valence electrons. The number of furan rings is 1. The lowest BCUT2D eigenvalue weighted by Crippen LogP contribution is -2.23. The summed E-state index contributed by atoms with van der Waals surface area (Å²) in [4.78, 5) is 5.82. The van der Waals surface area contributed by atoms with Crippen molar-refractivity contribution in [1.82, 2.24) is 4.98 Å². The average molecular weight is 335 g/mol. The molecule has 0 radical (unpaired) electrons. The first-order valence-corrected chi connectivity index (χ1v) is 7.32. The minimum Gasteiger partial charge on any atom is -0.470 e. The normalized spacial score (nSPS) is 10.7. The van der Waals surface area contributed by atoms with Gasteiger partial charge < -0.3 is 9.32 Å². The molecular weight excluding hydrogens is 322 g/mol. The van der Waals surface area contributed by atoms with Crippen molar-refractivity contribution in [2.45, 2.75) is 13.1 Å². The Morgan fingerprint density at radius 2 is 1.83 bits per heavy atom. The summed E-state index contributed by atoms with van der Waals surface area (Å²) in [7, 11) is 0. The molecule has 0 amide bonds. The maximum atomic E-state index is 13.9. The molecule has 0 bridgehead atoms. The Labute approximate surface area is 137 Å². The number of nitrogens with zero attached hydrogens (tertiary/aromatic N) is 2. The van der Waals surface area contributed by atoms with E-state index >= 15 is 0 Å². The first-order valence-electron chi connectivity index (χ1n) is 6.94. The number of halogens is 3. The molecule has 0 aliphatic rings. The van der Waals surface area contributed by atoms with E-state index < -0.39 is 11.6 Å².